The summed E-state index contributed by atoms with van der Waals surface area (Å²) in [5.41, 5.74) is 2.75. The monoisotopic (exact) mass is 303 g/mol. The zero-order chi connectivity index (χ0) is 15.2. The number of hydrogen-bond acceptors (Lipinski definition) is 4. The summed E-state index contributed by atoms with van der Waals surface area (Å²) in [6, 6.07) is 7.80. The lowest BCUT2D eigenvalue weighted by Gasteiger charge is -2.08. The molecule has 0 aliphatic rings. The van der Waals surface area contributed by atoms with E-state index in [0.717, 1.165) is 28.6 Å². The van der Waals surface area contributed by atoms with Crippen LogP contribution in [0.1, 0.15) is 27.2 Å². The summed E-state index contributed by atoms with van der Waals surface area (Å²) in [7, 11) is 0. The van der Waals surface area contributed by atoms with Gasteiger partial charge >= 0.3 is 0 Å². The molecule has 0 saturated carbocycles. The van der Waals surface area contributed by atoms with E-state index in [4.69, 9.17) is 0 Å². The highest BCUT2D eigenvalue weighted by Gasteiger charge is 2.08. The molecule has 0 radical (unpaired) electrons. The first-order valence-electron chi connectivity index (χ1n) is 7.18. The molecule has 1 aromatic carbocycles. The van der Waals surface area contributed by atoms with E-state index < -0.39 is 0 Å². The molecule has 0 fully saturated rings. The molecule has 1 heterocycles. The molecule has 112 valence electrons. The minimum Gasteiger partial charge on any atom is -0.362 e. The molecule has 5 heteroatoms. The van der Waals surface area contributed by atoms with E-state index in [9.17, 15) is 4.79 Å². The van der Waals surface area contributed by atoms with Crippen LogP contribution in [0.4, 0.5) is 10.8 Å². The summed E-state index contributed by atoms with van der Waals surface area (Å²) >= 11 is 1.59. The largest absolute Gasteiger partial charge is 0.362 e. The first-order valence-corrected chi connectivity index (χ1v) is 8.06. The molecule has 2 aromatic rings. The molecule has 1 amide bonds. The lowest BCUT2D eigenvalue weighted by molar-refractivity contribution is -0.116. The van der Waals surface area contributed by atoms with Gasteiger partial charge in [0.05, 0.1) is 5.69 Å². The van der Waals surface area contributed by atoms with Crippen LogP contribution in [0.15, 0.2) is 29.6 Å². The first kappa shape index (κ1) is 15.5. The molecule has 4 nitrogen and oxygen atoms in total. The van der Waals surface area contributed by atoms with E-state index in [1.54, 1.807) is 11.3 Å². The maximum absolute atomic E-state index is 11.8. The Morgan fingerprint density at radius 3 is 2.90 bits per heavy atom. The van der Waals surface area contributed by atoms with E-state index in [1.165, 1.54) is 0 Å². The maximum Gasteiger partial charge on any atom is 0.224 e. The number of nitrogens with zero attached hydrogens (tertiary/aromatic N) is 1. The zero-order valence-corrected chi connectivity index (χ0v) is 13.5. The third-order valence-corrected chi connectivity index (χ3v) is 3.67. The smallest absolute Gasteiger partial charge is 0.224 e. The number of carbonyl (C=O) groups excluding carboxylic acids is 1. The molecule has 0 bridgehead atoms. The number of nitrogens with one attached hydrogen (secondary N) is 2. The molecule has 0 unspecified atom stereocenters. The average molecular weight is 303 g/mol. The zero-order valence-electron chi connectivity index (χ0n) is 12.6. The van der Waals surface area contributed by atoms with E-state index in [-0.39, 0.29) is 5.91 Å². The fraction of sp³-hybridized carbons (Fsp3) is 0.375. The number of carbonyl (C=O) groups is 1. The predicted molar refractivity (Wildman–Crippen MR) is 89.8 cm³/mol. The number of thiazole rings is 1. The number of hydrogen-bond donors (Lipinski definition) is 2. The molecule has 0 spiro atoms. The molecule has 1 aromatic heterocycles. The molecule has 0 aliphatic heterocycles. The Bertz CT molecular complexity index is 607. The van der Waals surface area contributed by atoms with Crippen molar-refractivity contribution < 1.29 is 4.79 Å². The lowest BCUT2D eigenvalue weighted by atomic mass is 10.1. The van der Waals surface area contributed by atoms with Crippen molar-refractivity contribution in [1.29, 1.82) is 0 Å². The molecule has 2 rings (SSSR count). The lowest BCUT2D eigenvalue weighted by Crippen LogP contribution is -2.13. The average Bonchev–Trinajstić information content (AvgIpc) is 2.87. The van der Waals surface area contributed by atoms with Gasteiger partial charge in [0.25, 0.3) is 0 Å². The number of benzene rings is 1. The highest BCUT2D eigenvalue weighted by Crippen LogP contribution is 2.26. The molecule has 21 heavy (non-hydrogen) atoms. The van der Waals surface area contributed by atoms with Crippen LogP contribution in [0.2, 0.25) is 0 Å². The Kier molecular flexibility index (Phi) is 5.33. The Morgan fingerprint density at radius 2 is 2.19 bits per heavy atom. The van der Waals surface area contributed by atoms with Crippen LogP contribution < -0.4 is 10.6 Å². The molecule has 0 saturated heterocycles. The Labute approximate surface area is 129 Å². The van der Waals surface area contributed by atoms with Crippen LogP contribution in [0.25, 0.3) is 11.3 Å². The minimum atomic E-state index is 0.0498. The van der Waals surface area contributed by atoms with Crippen molar-refractivity contribution in [2.45, 2.75) is 27.2 Å². The van der Waals surface area contributed by atoms with Gasteiger partial charge in [-0.2, -0.15) is 0 Å². The van der Waals surface area contributed by atoms with Crippen molar-refractivity contribution in [2.75, 3.05) is 17.2 Å². The highest BCUT2D eigenvalue weighted by molar-refractivity contribution is 7.14. The molecular weight excluding hydrogens is 282 g/mol. The summed E-state index contributed by atoms with van der Waals surface area (Å²) < 4.78 is 0. The van der Waals surface area contributed by atoms with Crippen molar-refractivity contribution in [2.24, 2.45) is 5.92 Å². The van der Waals surface area contributed by atoms with Crippen LogP contribution in [-0.2, 0) is 4.79 Å². The van der Waals surface area contributed by atoms with Crippen molar-refractivity contribution in [3.05, 3.63) is 29.6 Å². The van der Waals surface area contributed by atoms with Gasteiger partial charge < -0.3 is 10.6 Å². The second-order valence-corrected chi connectivity index (χ2v) is 6.15. The van der Waals surface area contributed by atoms with E-state index in [1.807, 2.05) is 50.4 Å². The van der Waals surface area contributed by atoms with Gasteiger partial charge in [0.15, 0.2) is 5.13 Å². The second-order valence-electron chi connectivity index (χ2n) is 5.30. The third-order valence-electron chi connectivity index (χ3n) is 2.87. The van der Waals surface area contributed by atoms with Crippen LogP contribution in [-0.4, -0.2) is 17.4 Å². The summed E-state index contributed by atoms with van der Waals surface area (Å²) in [5, 5.41) is 9.08. The number of amides is 1. The van der Waals surface area contributed by atoms with Crippen molar-refractivity contribution in [3.63, 3.8) is 0 Å². The van der Waals surface area contributed by atoms with Crippen LogP contribution in [0, 0.1) is 5.92 Å². The summed E-state index contributed by atoms with van der Waals surface area (Å²) in [4.78, 5) is 16.4. The van der Waals surface area contributed by atoms with Gasteiger partial charge in [-0.3, -0.25) is 4.79 Å². The third kappa shape index (κ3) is 4.56. The van der Waals surface area contributed by atoms with Gasteiger partial charge in [0.2, 0.25) is 5.91 Å². The quantitative estimate of drug-likeness (QED) is 0.839. The minimum absolute atomic E-state index is 0.0498. The van der Waals surface area contributed by atoms with Gasteiger partial charge in [0, 0.05) is 29.6 Å². The van der Waals surface area contributed by atoms with Crippen LogP contribution in [0.5, 0.6) is 0 Å². The Morgan fingerprint density at radius 1 is 1.38 bits per heavy atom. The van der Waals surface area contributed by atoms with Gasteiger partial charge in [0.1, 0.15) is 0 Å². The van der Waals surface area contributed by atoms with Gasteiger partial charge in [-0.25, -0.2) is 4.98 Å². The maximum atomic E-state index is 11.8. The Balaban J connectivity index is 2.11. The van der Waals surface area contributed by atoms with Crippen LogP contribution >= 0.6 is 11.3 Å². The molecular formula is C16H21N3OS. The van der Waals surface area contributed by atoms with Crippen molar-refractivity contribution in [1.82, 2.24) is 4.98 Å². The number of rotatable bonds is 6. The number of anilines is 2. The predicted octanol–water partition coefficient (Wildman–Crippen LogP) is 4.23. The van der Waals surface area contributed by atoms with Gasteiger partial charge in [-0.1, -0.05) is 26.0 Å². The molecule has 0 aliphatic carbocycles. The summed E-state index contributed by atoms with van der Waals surface area (Å²) in [6.07, 6.45) is 0.533. The van der Waals surface area contributed by atoms with Crippen LogP contribution in [0.3, 0.4) is 0 Å². The number of aromatic nitrogens is 1. The molecule has 0 atom stereocenters. The van der Waals surface area contributed by atoms with Gasteiger partial charge in [-0.15, -0.1) is 11.3 Å². The van der Waals surface area contributed by atoms with E-state index >= 15 is 0 Å². The van der Waals surface area contributed by atoms with E-state index in [2.05, 4.69) is 15.6 Å². The standard InChI is InChI=1S/C16H21N3OS/c1-4-17-16-19-14(10-21-16)12-6-5-7-13(9-12)18-15(20)8-11(2)3/h5-7,9-11H,4,8H2,1-3H3,(H,17,19)(H,18,20). The fourth-order valence-corrected chi connectivity index (χ4v) is 2.77. The fourth-order valence-electron chi connectivity index (χ4n) is 1.98. The first-order chi connectivity index (χ1) is 10.1. The van der Waals surface area contributed by atoms with Crippen molar-refractivity contribution >= 4 is 28.1 Å². The van der Waals surface area contributed by atoms with E-state index in [0.29, 0.717) is 12.3 Å². The van der Waals surface area contributed by atoms with Crippen molar-refractivity contribution in [3.8, 4) is 11.3 Å². The van der Waals surface area contributed by atoms with Gasteiger partial charge in [-0.05, 0) is 25.0 Å². The molecule has 2 N–H and O–H groups in total. The second kappa shape index (κ2) is 7.22. The summed E-state index contributed by atoms with van der Waals surface area (Å²) in [5.74, 6) is 0.406. The summed E-state index contributed by atoms with van der Waals surface area (Å²) in [6.45, 7) is 6.98. The topological polar surface area (TPSA) is 54.0 Å². The Hall–Kier alpha value is -1.88. The SMILES string of the molecule is CCNc1nc(-c2cccc(NC(=O)CC(C)C)c2)cs1. The highest BCUT2D eigenvalue weighted by atomic mass is 32.1. The normalized spacial score (nSPS) is 10.7.